The summed E-state index contributed by atoms with van der Waals surface area (Å²) >= 11 is 3.87. The van der Waals surface area contributed by atoms with Crippen molar-refractivity contribution < 1.29 is 0 Å². The molecule has 0 unspecified atom stereocenters. The van der Waals surface area contributed by atoms with Crippen LogP contribution in [0.4, 0.5) is 5.69 Å². The molecule has 4 saturated carbocycles. The van der Waals surface area contributed by atoms with E-state index in [1.54, 1.807) is 0 Å². The number of benzene rings is 2. The first-order valence-corrected chi connectivity index (χ1v) is 11.3. The molecule has 4 fully saturated rings. The summed E-state index contributed by atoms with van der Waals surface area (Å²) in [4.78, 5) is 2.22. The van der Waals surface area contributed by atoms with E-state index in [1.807, 2.05) is 0 Å². The van der Waals surface area contributed by atoms with Crippen molar-refractivity contribution in [1.82, 2.24) is 0 Å². The number of hydrogen-bond donors (Lipinski definition) is 2. The molecule has 0 atom stereocenters. The summed E-state index contributed by atoms with van der Waals surface area (Å²) in [6.45, 7) is 0. The van der Waals surface area contributed by atoms with Gasteiger partial charge >= 0.3 is 0 Å². The highest BCUT2D eigenvalue weighted by molar-refractivity contribution is 9.10. The molecule has 0 heterocycles. The van der Waals surface area contributed by atoms with E-state index in [4.69, 9.17) is 11.1 Å². The maximum absolute atomic E-state index is 8.54. The average Bonchev–Trinajstić information content (AvgIpc) is 3.03. The molecule has 0 radical (unpaired) electrons. The molecule has 3 N–H and O–H groups in total. The predicted octanol–water partition coefficient (Wildman–Crippen LogP) is 5.23. The Labute approximate surface area is 168 Å². The van der Waals surface area contributed by atoms with Gasteiger partial charge in [-0.25, -0.2) is 0 Å². The summed E-state index contributed by atoms with van der Waals surface area (Å²) in [5.41, 5.74) is 10.3. The van der Waals surface area contributed by atoms with Gasteiger partial charge in [-0.05, 0) is 107 Å². The van der Waals surface area contributed by atoms with Gasteiger partial charge in [0.1, 0.15) is 0 Å². The molecule has 3 nitrogen and oxygen atoms in total. The van der Waals surface area contributed by atoms with E-state index in [2.05, 4.69) is 45.1 Å². The molecule has 2 aromatic rings. The smallest absolute Gasteiger partial charge is 0.193 e. The third kappa shape index (κ3) is 2.28. The monoisotopic (exact) mass is 423 g/mol. The number of hydrogen-bond acceptors (Lipinski definition) is 1. The van der Waals surface area contributed by atoms with Gasteiger partial charge in [-0.2, -0.15) is 0 Å². The van der Waals surface area contributed by atoms with E-state index >= 15 is 0 Å². The summed E-state index contributed by atoms with van der Waals surface area (Å²) in [6.07, 6.45) is 9.03. The SMILES string of the molecule is N=C(N)N(c1c(Br)cc2c3c(cccc13)CC2)C1C2CC3CC(C2)CC1C3. The maximum atomic E-state index is 8.54. The second kappa shape index (κ2) is 5.73. The minimum absolute atomic E-state index is 0.215. The lowest BCUT2D eigenvalue weighted by Crippen LogP contribution is -2.59. The highest BCUT2D eigenvalue weighted by Crippen LogP contribution is 2.56. The van der Waals surface area contributed by atoms with E-state index in [-0.39, 0.29) is 5.96 Å². The van der Waals surface area contributed by atoms with Crippen molar-refractivity contribution in [3.8, 4) is 0 Å². The van der Waals surface area contributed by atoms with Crippen molar-refractivity contribution in [2.75, 3.05) is 4.90 Å². The van der Waals surface area contributed by atoms with Crippen molar-refractivity contribution in [2.45, 2.75) is 51.0 Å². The molecule has 0 aliphatic heterocycles. The standard InChI is InChI=1S/C23H26BrN3/c24-19-11-15-5-4-14-2-1-3-18(20(14)15)22(19)27(23(25)26)21-16-7-12-6-13(9-16)10-17(21)8-12/h1-3,11-13,16-17,21H,4-10H2,(H3,25,26). The van der Waals surface area contributed by atoms with Gasteiger partial charge in [0.15, 0.2) is 5.96 Å². The number of halogens is 1. The van der Waals surface area contributed by atoms with E-state index in [0.717, 1.165) is 34.8 Å². The van der Waals surface area contributed by atoms with Crippen LogP contribution >= 0.6 is 15.9 Å². The Balaban J connectivity index is 1.54. The molecule has 0 aromatic heterocycles. The second-order valence-electron chi connectivity index (χ2n) is 9.38. The van der Waals surface area contributed by atoms with E-state index in [9.17, 15) is 0 Å². The number of rotatable bonds is 2. The minimum Gasteiger partial charge on any atom is -0.370 e. The molecule has 5 aliphatic carbocycles. The van der Waals surface area contributed by atoms with E-state index < -0.39 is 0 Å². The summed E-state index contributed by atoms with van der Waals surface area (Å²) in [5.74, 6) is 3.45. The van der Waals surface area contributed by atoms with Gasteiger partial charge in [-0.1, -0.05) is 18.2 Å². The number of nitrogens with two attached hydrogens (primary N) is 1. The normalized spacial score (nSPS) is 33.0. The van der Waals surface area contributed by atoms with Crippen molar-refractivity contribution in [2.24, 2.45) is 29.4 Å². The van der Waals surface area contributed by atoms with Crippen LogP contribution in [0.2, 0.25) is 0 Å². The Morgan fingerprint density at radius 2 is 1.67 bits per heavy atom. The Hall–Kier alpha value is -1.55. The number of guanidine groups is 1. The van der Waals surface area contributed by atoms with Gasteiger partial charge in [0.25, 0.3) is 0 Å². The van der Waals surface area contributed by atoms with Gasteiger partial charge in [0.2, 0.25) is 0 Å². The van der Waals surface area contributed by atoms with Crippen molar-refractivity contribution in [3.05, 3.63) is 39.9 Å². The van der Waals surface area contributed by atoms with E-state index in [0.29, 0.717) is 17.9 Å². The van der Waals surface area contributed by atoms with Crippen LogP contribution in [-0.2, 0) is 12.8 Å². The summed E-state index contributed by atoms with van der Waals surface area (Å²) in [6, 6.07) is 9.36. The molecule has 4 heteroatoms. The van der Waals surface area contributed by atoms with Crippen molar-refractivity contribution in [3.63, 3.8) is 0 Å². The molecule has 4 bridgehead atoms. The lowest BCUT2D eigenvalue weighted by atomic mass is 9.54. The van der Waals surface area contributed by atoms with Gasteiger partial charge in [-0.3, -0.25) is 5.41 Å². The first-order valence-electron chi connectivity index (χ1n) is 10.5. The lowest BCUT2D eigenvalue weighted by molar-refractivity contribution is 0.00132. The van der Waals surface area contributed by atoms with Crippen LogP contribution in [0.3, 0.4) is 0 Å². The molecule has 2 aromatic carbocycles. The highest BCUT2D eigenvalue weighted by atomic mass is 79.9. The van der Waals surface area contributed by atoms with Crippen LogP contribution in [0, 0.1) is 29.1 Å². The number of anilines is 1. The third-order valence-corrected chi connectivity index (χ3v) is 8.50. The van der Waals surface area contributed by atoms with Crippen molar-refractivity contribution in [1.29, 1.82) is 5.41 Å². The van der Waals surface area contributed by atoms with Gasteiger partial charge in [0, 0.05) is 15.9 Å². The van der Waals surface area contributed by atoms with Crippen LogP contribution in [-0.4, -0.2) is 12.0 Å². The molecular formula is C23H26BrN3. The molecule has 5 aliphatic rings. The molecule has 0 saturated heterocycles. The quantitative estimate of drug-likeness (QED) is 0.513. The van der Waals surface area contributed by atoms with Crippen LogP contribution in [0.25, 0.3) is 10.8 Å². The van der Waals surface area contributed by atoms with Crippen LogP contribution < -0.4 is 10.6 Å². The fourth-order valence-electron chi connectivity index (χ4n) is 7.27. The zero-order chi connectivity index (χ0) is 18.3. The van der Waals surface area contributed by atoms with Gasteiger partial charge in [0.05, 0.1) is 5.69 Å². The van der Waals surface area contributed by atoms with Crippen molar-refractivity contribution >= 4 is 38.3 Å². The molecular weight excluding hydrogens is 398 g/mol. The van der Waals surface area contributed by atoms with Crippen LogP contribution in [0.5, 0.6) is 0 Å². The largest absolute Gasteiger partial charge is 0.370 e. The summed E-state index contributed by atoms with van der Waals surface area (Å²) in [7, 11) is 0. The molecule has 140 valence electrons. The Morgan fingerprint density at radius 3 is 2.33 bits per heavy atom. The second-order valence-corrected chi connectivity index (χ2v) is 10.2. The molecule has 0 spiro atoms. The highest BCUT2D eigenvalue weighted by Gasteiger charge is 2.51. The molecule has 7 rings (SSSR count). The van der Waals surface area contributed by atoms with E-state index in [1.165, 1.54) is 54.0 Å². The molecule has 27 heavy (non-hydrogen) atoms. The molecule has 0 amide bonds. The Bertz CT molecular complexity index is 938. The topological polar surface area (TPSA) is 53.1 Å². The van der Waals surface area contributed by atoms with Gasteiger partial charge in [-0.15, -0.1) is 0 Å². The minimum atomic E-state index is 0.215. The Morgan fingerprint density at radius 1 is 1.00 bits per heavy atom. The maximum Gasteiger partial charge on any atom is 0.193 e. The first-order chi connectivity index (χ1) is 13.1. The third-order valence-electron chi connectivity index (χ3n) is 7.89. The average molecular weight is 424 g/mol. The first kappa shape index (κ1) is 16.4. The fraction of sp³-hybridized carbons (Fsp3) is 0.522. The van der Waals surface area contributed by atoms with Crippen LogP contribution in [0.1, 0.15) is 43.2 Å². The number of nitrogens with one attached hydrogen (secondary N) is 1. The fourth-order valence-corrected chi connectivity index (χ4v) is 7.95. The van der Waals surface area contributed by atoms with Gasteiger partial charge < -0.3 is 10.6 Å². The number of nitrogens with zero attached hydrogens (tertiary/aromatic N) is 1. The zero-order valence-corrected chi connectivity index (χ0v) is 17.1. The predicted molar refractivity (Wildman–Crippen MR) is 114 cm³/mol. The lowest BCUT2D eigenvalue weighted by Gasteiger charge is -2.57. The summed E-state index contributed by atoms with van der Waals surface area (Å²) in [5, 5.41) is 11.2. The Kier molecular flexibility index (Phi) is 3.48. The van der Waals surface area contributed by atoms with Crippen LogP contribution in [0.15, 0.2) is 28.7 Å². The number of aryl methyl sites for hydroxylation is 2. The zero-order valence-electron chi connectivity index (χ0n) is 15.5. The summed E-state index contributed by atoms with van der Waals surface area (Å²) < 4.78 is 1.10.